The molecule has 1 aliphatic rings. The number of esters is 1. The summed E-state index contributed by atoms with van der Waals surface area (Å²) in [6.45, 7) is 6.66. The standard InChI is InChI=1S/C19H24N4O5/c1-11-5-14(6-12(2)18(11)28-10-17(24)27-4)7-22-9-16-21-20-13(3)23(16)8-15(22)19(25)26/h5-6,15H,7-10H2,1-4H3,(H,25,26). The summed E-state index contributed by atoms with van der Waals surface area (Å²) in [6.07, 6.45) is 0. The smallest absolute Gasteiger partial charge is 0.343 e. The van der Waals surface area contributed by atoms with Crippen molar-refractivity contribution in [1.82, 2.24) is 19.7 Å². The molecule has 0 fully saturated rings. The molecule has 9 heteroatoms. The fourth-order valence-corrected chi connectivity index (χ4v) is 3.54. The summed E-state index contributed by atoms with van der Waals surface area (Å²) in [4.78, 5) is 25.0. The van der Waals surface area contributed by atoms with E-state index in [-0.39, 0.29) is 6.61 Å². The zero-order chi connectivity index (χ0) is 20.4. The van der Waals surface area contributed by atoms with E-state index in [1.54, 1.807) is 0 Å². The molecule has 2 aromatic rings. The van der Waals surface area contributed by atoms with E-state index in [0.29, 0.717) is 25.4 Å². The average molecular weight is 388 g/mol. The Morgan fingerprint density at radius 3 is 2.50 bits per heavy atom. The highest BCUT2D eigenvalue weighted by atomic mass is 16.6. The first-order valence-electron chi connectivity index (χ1n) is 8.95. The van der Waals surface area contributed by atoms with Crippen molar-refractivity contribution in [2.45, 2.75) is 46.4 Å². The van der Waals surface area contributed by atoms with Crippen molar-refractivity contribution in [3.63, 3.8) is 0 Å². The van der Waals surface area contributed by atoms with Gasteiger partial charge in [0.2, 0.25) is 0 Å². The van der Waals surface area contributed by atoms with Gasteiger partial charge >= 0.3 is 11.9 Å². The van der Waals surface area contributed by atoms with Gasteiger partial charge in [0.25, 0.3) is 0 Å². The number of rotatable bonds is 6. The molecular weight excluding hydrogens is 364 g/mol. The highest BCUT2D eigenvalue weighted by molar-refractivity contribution is 5.73. The van der Waals surface area contributed by atoms with Crippen molar-refractivity contribution < 1.29 is 24.2 Å². The molecule has 0 saturated heterocycles. The van der Waals surface area contributed by atoms with Gasteiger partial charge in [-0.3, -0.25) is 9.69 Å². The molecule has 1 N–H and O–H groups in total. The number of hydrogen-bond donors (Lipinski definition) is 1. The molecule has 0 bridgehead atoms. The minimum absolute atomic E-state index is 0.153. The fraction of sp³-hybridized carbons (Fsp3) is 0.474. The van der Waals surface area contributed by atoms with Gasteiger partial charge in [0.05, 0.1) is 20.2 Å². The van der Waals surface area contributed by atoms with E-state index in [2.05, 4.69) is 14.9 Å². The van der Waals surface area contributed by atoms with Crippen LogP contribution in [0.1, 0.15) is 28.3 Å². The number of nitrogens with zero attached hydrogens (tertiary/aromatic N) is 4. The van der Waals surface area contributed by atoms with Crippen molar-refractivity contribution in [1.29, 1.82) is 0 Å². The summed E-state index contributed by atoms with van der Waals surface area (Å²) < 4.78 is 12.0. The number of benzene rings is 1. The molecule has 1 unspecified atom stereocenters. The maximum Gasteiger partial charge on any atom is 0.343 e. The lowest BCUT2D eigenvalue weighted by Crippen LogP contribution is -2.47. The van der Waals surface area contributed by atoms with Gasteiger partial charge in [-0.15, -0.1) is 10.2 Å². The predicted molar refractivity (Wildman–Crippen MR) is 98.9 cm³/mol. The van der Waals surface area contributed by atoms with Crippen LogP contribution in [0.3, 0.4) is 0 Å². The number of ether oxygens (including phenoxy) is 2. The molecule has 0 aliphatic carbocycles. The molecular formula is C19H24N4O5. The van der Waals surface area contributed by atoms with Crippen LogP contribution in [-0.2, 0) is 34.0 Å². The van der Waals surface area contributed by atoms with E-state index >= 15 is 0 Å². The lowest BCUT2D eigenvalue weighted by molar-refractivity contribution is -0.145. The largest absolute Gasteiger partial charge is 0.481 e. The molecule has 28 heavy (non-hydrogen) atoms. The Morgan fingerprint density at radius 1 is 1.21 bits per heavy atom. The van der Waals surface area contributed by atoms with Crippen molar-refractivity contribution in [3.8, 4) is 5.75 Å². The Labute approximate surface area is 162 Å². The Morgan fingerprint density at radius 2 is 1.89 bits per heavy atom. The van der Waals surface area contributed by atoms with Crippen LogP contribution in [0, 0.1) is 20.8 Å². The number of methoxy groups -OCH3 is 1. The van der Waals surface area contributed by atoms with Crippen LogP contribution >= 0.6 is 0 Å². The number of carbonyl (C=O) groups excluding carboxylic acids is 1. The van der Waals surface area contributed by atoms with Crippen LogP contribution < -0.4 is 4.74 Å². The summed E-state index contributed by atoms with van der Waals surface area (Å²) in [6, 6.07) is 3.24. The maximum atomic E-state index is 11.8. The first-order valence-corrected chi connectivity index (χ1v) is 8.95. The van der Waals surface area contributed by atoms with E-state index in [1.165, 1.54) is 7.11 Å². The summed E-state index contributed by atoms with van der Waals surface area (Å²) >= 11 is 0. The molecule has 3 rings (SSSR count). The SMILES string of the molecule is COC(=O)COc1c(C)cc(CN2Cc3nnc(C)n3CC2C(=O)O)cc1C. The Balaban J connectivity index is 1.80. The molecule has 9 nitrogen and oxygen atoms in total. The van der Waals surface area contributed by atoms with Gasteiger partial charge in [-0.05, 0) is 37.5 Å². The molecule has 0 radical (unpaired) electrons. The van der Waals surface area contributed by atoms with Crippen LogP contribution in [0.2, 0.25) is 0 Å². The number of aliphatic carboxylic acids is 1. The highest BCUT2D eigenvalue weighted by Crippen LogP contribution is 2.27. The second-order valence-corrected chi connectivity index (χ2v) is 6.96. The van der Waals surface area contributed by atoms with Gasteiger partial charge < -0.3 is 19.1 Å². The van der Waals surface area contributed by atoms with Crippen LogP contribution in [0.25, 0.3) is 0 Å². The first-order chi connectivity index (χ1) is 13.3. The Kier molecular flexibility index (Phi) is 5.64. The van der Waals surface area contributed by atoms with Gasteiger partial charge in [0.15, 0.2) is 6.61 Å². The first kappa shape index (κ1) is 19.8. The van der Waals surface area contributed by atoms with Gasteiger partial charge in [0, 0.05) is 6.54 Å². The van der Waals surface area contributed by atoms with Crippen molar-refractivity contribution in [2.75, 3.05) is 13.7 Å². The van der Waals surface area contributed by atoms with Crippen LogP contribution in [0.15, 0.2) is 12.1 Å². The third-order valence-corrected chi connectivity index (χ3v) is 4.91. The predicted octanol–water partition coefficient (Wildman–Crippen LogP) is 1.22. The molecule has 1 atom stereocenters. The summed E-state index contributed by atoms with van der Waals surface area (Å²) in [5.74, 6) is 0.809. The summed E-state index contributed by atoms with van der Waals surface area (Å²) in [5, 5.41) is 17.9. The zero-order valence-corrected chi connectivity index (χ0v) is 16.4. The van der Waals surface area contributed by atoms with E-state index in [0.717, 1.165) is 28.3 Å². The Bertz CT molecular complexity index is 885. The molecule has 0 amide bonds. The van der Waals surface area contributed by atoms with E-state index in [4.69, 9.17) is 4.74 Å². The number of aryl methyl sites for hydroxylation is 3. The molecule has 150 valence electrons. The highest BCUT2D eigenvalue weighted by Gasteiger charge is 2.33. The van der Waals surface area contributed by atoms with Crippen molar-refractivity contribution in [2.24, 2.45) is 0 Å². The number of fused-ring (bicyclic) bond motifs is 1. The number of carbonyl (C=O) groups is 2. The fourth-order valence-electron chi connectivity index (χ4n) is 3.54. The van der Waals surface area contributed by atoms with Gasteiger partial charge in [-0.25, -0.2) is 4.79 Å². The molecule has 0 saturated carbocycles. The van der Waals surface area contributed by atoms with Crippen molar-refractivity contribution in [3.05, 3.63) is 40.5 Å². The normalized spacial score (nSPS) is 16.5. The maximum absolute atomic E-state index is 11.8. The summed E-state index contributed by atoms with van der Waals surface area (Å²) in [5.41, 5.74) is 2.72. The molecule has 1 aromatic carbocycles. The zero-order valence-electron chi connectivity index (χ0n) is 16.4. The number of carboxylic acids is 1. The van der Waals surface area contributed by atoms with Gasteiger partial charge in [-0.1, -0.05) is 12.1 Å². The minimum Gasteiger partial charge on any atom is -0.481 e. The van der Waals surface area contributed by atoms with E-state index in [9.17, 15) is 14.7 Å². The summed E-state index contributed by atoms with van der Waals surface area (Å²) in [7, 11) is 1.31. The monoisotopic (exact) mass is 388 g/mol. The number of carboxylic acid groups (broad SMARTS) is 1. The van der Waals surface area contributed by atoms with Gasteiger partial charge in [-0.2, -0.15) is 0 Å². The topological polar surface area (TPSA) is 107 Å². The minimum atomic E-state index is -0.870. The quantitative estimate of drug-likeness (QED) is 0.737. The second-order valence-electron chi connectivity index (χ2n) is 6.96. The third kappa shape index (κ3) is 3.99. The number of aromatic nitrogens is 3. The van der Waals surface area contributed by atoms with Crippen LogP contribution in [0.5, 0.6) is 5.75 Å². The van der Waals surface area contributed by atoms with E-state index in [1.807, 2.05) is 42.4 Å². The molecule has 1 aliphatic heterocycles. The molecule has 2 heterocycles. The van der Waals surface area contributed by atoms with E-state index < -0.39 is 18.0 Å². The lowest BCUT2D eigenvalue weighted by Gasteiger charge is -2.33. The molecule has 0 spiro atoms. The Hall–Kier alpha value is -2.94. The molecule has 1 aromatic heterocycles. The van der Waals surface area contributed by atoms with Gasteiger partial charge in [0.1, 0.15) is 23.4 Å². The second kappa shape index (κ2) is 7.97. The average Bonchev–Trinajstić information content (AvgIpc) is 3.00. The van der Waals surface area contributed by atoms with Crippen molar-refractivity contribution >= 4 is 11.9 Å². The third-order valence-electron chi connectivity index (χ3n) is 4.91. The lowest BCUT2D eigenvalue weighted by atomic mass is 10.0. The van der Waals surface area contributed by atoms with Crippen LogP contribution in [-0.4, -0.2) is 56.5 Å². The van der Waals surface area contributed by atoms with Crippen LogP contribution in [0.4, 0.5) is 0 Å². The number of hydrogen-bond acceptors (Lipinski definition) is 7.